The Morgan fingerprint density at radius 3 is 3.00 bits per heavy atom. The molecule has 1 atom stereocenters. The van der Waals surface area contributed by atoms with Crippen molar-refractivity contribution in [1.82, 2.24) is 0 Å². The van der Waals surface area contributed by atoms with E-state index >= 15 is 0 Å². The molecule has 1 nitrogen and oxygen atoms in total. The summed E-state index contributed by atoms with van der Waals surface area (Å²) in [6.07, 6.45) is 6.69. The summed E-state index contributed by atoms with van der Waals surface area (Å²) in [6.45, 7) is 2.26. The standard InChI is InChI=1S/C9H17N/c1-3-5-8-6-4-7-9(8)10-2/h8H,3-7H2,1-2H3. The van der Waals surface area contributed by atoms with E-state index in [1.807, 2.05) is 7.05 Å². The number of hydrogen-bond donors (Lipinski definition) is 0. The van der Waals surface area contributed by atoms with Gasteiger partial charge in [0.2, 0.25) is 0 Å². The summed E-state index contributed by atoms with van der Waals surface area (Å²) in [5.41, 5.74) is 1.47. The van der Waals surface area contributed by atoms with Crippen LogP contribution in [0.2, 0.25) is 0 Å². The highest BCUT2D eigenvalue weighted by atomic mass is 14.7. The third-order valence-corrected chi connectivity index (χ3v) is 2.38. The first-order valence-corrected chi connectivity index (χ1v) is 4.34. The number of rotatable bonds is 2. The molecule has 0 aliphatic heterocycles. The summed E-state index contributed by atoms with van der Waals surface area (Å²) >= 11 is 0. The van der Waals surface area contributed by atoms with Crippen LogP contribution in [0.3, 0.4) is 0 Å². The molecular formula is C9H17N. The Hall–Kier alpha value is -0.330. The van der Waals surface area contributed by atoms with Crippen molar-refractivity contribution in [1.29, 1.82) is 0 Å². The van der Waals surface area contributed by atoms with Crippen molar-refractivity contribution in [3.63, 3.8) is 0 Å². The zero-order valence-corrected chi connectivity index (χ0v) is 7.06. The number of nitrogens with zero attached hydrogens (tertiary/aromatic N) is 1. The molecule has 0 bridgehead atoms. The van der Waals surface area contributed by atoms with Crippen LogP contribution in [0.1, 0.15) is 39.0 Å². The summed E-state index contributed by atoms with van der Waals surface area (Å²) < 4.78 is 0. The van der Waals surface area contributed by atoms with Crippen LogP contribution in [0.25, 0.3) is 0 Å². The molecule has 0 aromatic rings. The van der Waals surface area contributed by atoms with E-state index in [1.54, 1.807) is 0 Å². The Morgan fingerprint density at radius 1 is 1.60 bits per heavy atom. The van der Waals surface area contributed by atoms with E-state index in [4.69, 9.17) is 0 Å². The molecule has 1 saturated carbocycles. The highest BCUT2D eigenvalue weighted by molar-refractivity contribution is 5.88. The van der Waals surface area contributed by atoms with Crippen LogP contribution < -0.4 is 0 Å². The maximum Gasteiger partial charge on any atom is 0.0276 e. The Morgan fingerprint density at radius 2 is 2.40 bits per heavy atom. The highest BCUT2D eigenvalue weighted by Gasteiger charge is 2.20. The zero-order chi connectivity index (χ0) is 7.40. The van der Waals surface area contributed by atoms with E-state index in [9.17, 15) is 0 Å². The van der Waals surface area contributed by atoms with Crippen LogP contribution in [-0.4, -0.2) is 12.8 Å². The molecular weight excluding hydrogens is 122 g/mol. The van der Waals surface area contributed by atoms with Gasteiger partial charge in [-0.05, 0) is 31.6 Å². The molecule has 0 radical (unpaired) electrons. The van der Waals surface area contributed by atoms with Crippen LogP contribution in [-0.2, 0) is 0 Å². The second-order valence-corrected chi connectivity index (χ2v) is 3.09. The molecule has 1 heteroatoms. The third-order valence-electron chi connectivity index (χ3n) is 2.38. The molecule has 10 heavy (non-hydrogen) atoms. The van der Waals surface area contributed by atoms with Crippen LogP contribution in [0.4, 0.5) is 0 Å². The minimum atomic E-state index is 0.843. The molecule has 58 valence electrons. The minimum absolute atomic E-state index is 0.843. The molecule has 0 amide bonds. The number of hydrogen-bond acceptors (Lipinski definition) is 1. The molecule has 1 aliphatic carbocycles. The lowest BCUT2D eigenvalue weighted by atomic mass is 10.0. The molecule has 1 aliphatic rings. The average molecular weight is 139 g/mol. The van der Waals surface area contributed by atoms with Crippen LogP contribution in [0.15, 0.2) is 4.99 Å². The fourth-order valence-corrected chi connectivity index (χ4v) is 1.85. The third kappa shape index (κ3) is 1.59. The Balaban J connectivity index is 2.42. The van der Waals surface area contributed by atoms with E-state index in [1.165, 1.54) is 37.8 Å². The van der Waals surface area contributed by atoms with E-state index in [0.29, 0.717) is 0 Å². The van der Waals surface area contributed by atoms with Crippen molar-refractivity contribution < 1.29 is 0 Å². The predicted molar refractivity (Wildman–Crippen MR) is 45.6 cm³/mol. The second-order valence-electron chi connectivity index (χ2n) is 3.09. The van der Waals surface area contributed by atoms with Crippen molar-refractivity contribution in [2.75, 3.05) is 7.05 Å². The van der Waals surface area contributed by atoms with Crippen molar-refractivity contribution >= 4 is 5.71 Å². The van der Waals surface area contributed by atoms with Crippen molar-refractivity contribution in [3.8, 4) is 0 Å². The van der Waals surface area contributed by atoms with Gasteiger partial charge in [-0.25, -0.2) is 0 Å². The predicted octanol–water partition coefficient (Wildman–Crippen LogP) is 2.66. The van der Waals surface area contributed by atoms with E-state index in [-0.39, 0.29) is 0 Å². The van der Waals surface area contributed by atoms with E-state index < -0.39 is 0 Å². The van der Waals surface area contributed by atoms with Gasteiger partial charge in [-0.1, -0.05) is 13.3 Å². The topological polar surface area (TPSA) is 12.4 Å². The number of aliphatic imine (C=N–C) groups is 1. The van der Waals surface area contributed by atoms with Gasteiger partial charge in [-0.3, -0.25) is 4.99 Å². The lowest BCUT2D eigenvalue weighted by Gasteiger charge is -2.07. The van der Waals surface area contributed by atoms with Gasteiger partial charge in [0.25, 0.3) is 0 Å². The van der Waals surface area contributed by atoms with Crippen molar-refractivity contribution in [2.24, 2.45) is 10.9 Å². The molecule has 0 N–H and O–H groups in total. The molecule has 0 aromatic carbocycles. The van der Waals surface area contributed by atoms with E-state index in [2.05, 4.69) is 11.9 Å². The monoisotopic (exact) mass is 139 g/mol. The summed E-state index contributed by atoms with van der Waals surface area (Å²) in [6, 6.07) is 0. The summed E-state index contributed by atoms with van der Waals surface area (Å²) in [5.74, 6) is 0.843. The van der Waals surface area contributed by atoms with Crippen molar-refractivity contribution in [3.05, 3.63) is 0 Å². The molecule has 0 heterocycles. The fourth-order valence-electron chi connectivity index (χ4n) is 1.85. The first kappa shape index (κ1) is 7.77. The first-order valence-electron chi connectivity index (χ1n) is 4.34. The van der Waals surface area contributed by atoms with Crippen LogP contribution in [0, 0.1) is 5.92 Å². The minimum Gasteiger partial charge on any atom is -0.297 e. The van der Waals surface area contributed by atoms with Gasteiger partial charge in [0.1, 0.15) is 0 Å². The first-order chi connectivity index (χ1) is 4.88. The van der Waals surface area contributed by atoms with Gasteiger partial charge in [-0.2, -0.15) is 0 Å². The Labute approximate surface area is 63.5 Å². The fraction of sp³-hybridized carbons (Fsp3) is 0.889. The highest BCUT2D eigenvalue weighted by Crippen LogP contribution is 2.26. The summed E-state index contributed by atoms with van der Waals surface area (Å²) in [4.78, 5) is 4.30. The van der Waals surface area contributed by atoms with Gasteiger partial charge >= 0.3 is 0 Å². The largest absolute Gasteiger partial charge is 0.297 e. The molecule has 0 saturated heterocycles. The normalized spacial score (nSPS) is 29.8. The molecule has 0 spiro atoms. The Bertz CT molecular complexity index is 127. The summed E-state index contributed by atoms with van der Waals surface area (Å²) in [7, 11) is 1.93. The maximum atomic E-state index is 4.30. The quantitative estimate of drug-likeness (QED) is 0.557. The molecule has 0 aromatic heterocycles. The molecule has 1 fully saturated rings. The average Bonchev–Trinajstić information content (AvgIpc) is 2.36. The molecule has 1 rings (SSSR count). The Kier molecular flexibility index (Phi) is 2.91. The lowest BCUT2D eigenvalue weighted by molar-refractivity contribution is 0.598. The van der Waals surface area contributed by atoms with E-state index in [0.717, 1.165) is 5.92 Å². The SMILES string of the molecule is CCCC1CCCC1=NC. The van der Waals surface area contributed by atoms with Crippen LogP contribution in [0.5, 0.6) is 0 Å². The summed E-state index contributed by atoms with van der Waals surface area (Å²) in [5, 5.41) is 0. The second kappa shape index (κ2) is 3.75. The van der Waals surface area contributed by atoms with Gasteiger partial charge in [0, 0.05) is 12.8 Å². The maximum absolute atomic E-state index is 4.30. The smallest absolute Gasteiger partial charge is 0.0276 e. The van der Waals surface area contributed by atoms with Crippen molar-refractivity contribution in [2.45, 2.75) is 39.0 Å². The molecule has 1 unspecified atom stereocenters. The van der Waals surface area contributed by atoms with Gasteiger partial charge in [0.05, 0.1) is 0 Å². The van der Waals surface area contributed by atoms with Gasteiger partial charge in [0.15, 0.2) is 0 Å². The van der Waals surface area contributed by atoms with Gasteiger partial charge in [-0.15, -0.1) is 0 Å². The lowest BCUT2D eigenvalue weighted by Crippen LogP contribution is -2.05. The van der Waals surface area contributed by atoms with Gasteiger partial charge < -0.3 is 0 Å². The van der Waals surface area contributed by atoms with Crippen LogP contribution >= 0.6 is 0 Å². The zero-order valence-electron chi connectivity index (χ0n) is 7.06.